The average Bonchev–Trinajstić information content (AvgIpc) is 3.65. The zero-order valence-electron chi connectivity index (χ0n) is 19.6. The standard InChI is InChI=1S/C30H21N3O3S/c34-27(21-11-5-6-16-31-21)25-26(28(35)23-13-7-17-37-23)33-22-12-4-1-8-18(22)14-15-24(33)30(25)19-9-2-3-10-20(19)32-29(30)36/h1-17,24-26H,(H,32,36)/t24-,25+,26+,30-/m1/s1. The zero-order chi connectivity index (χ0) is 25.1. The summed E-state index contributed by atoms with van der Waals surface area (Å²) in [5.41, 5.74) is 2.10. The number of aromatic nitrogens is 1. The molecule has 5 heterocycles. The van der Waals surface area contributed by atoms with Gasteiger partial charge in [-0.1, -0.05) is 60.7 Å². The van der Waals surface area contributed by atoms with E-state index in [1.54, 1.807) is 30.5 Å². The maximum absolute atomic E-state index is 14.5. The molecule has 180 valence electrons. The number of Topliss-reactive ketones (excluding diaryl/α,β-unsaturated/α-hetero) is 2. The van der Waals surface area contributed by atoms with Crippen LogP contribution in [0.5, 0.6) is 0 Å². The third-order valence-corrected chi connectivity index (χ3v) is 8.66. The SMILES string of the molecule is O=C(c1cccs1)[C@@H]1[C@@H](C(=O)c2ccccn2)[C@]2(C(=O)Nc3ccccc32)[C@H]2C=Cc3ccccc3N12. The highest BCUT2D eigenvalue weighted by Crippen LogP contribution is 2.58. The molecule has 1 spiro atoms. The van der Waals surface area contributed by atoms with Crippen LogP contribution in [0.4, 0.5) is 11.4 Å². The number of nitrogens with one attached hydrogen (secondary N) is 1. The molecule has 1 saturated heterocycles. The Kier molecular flexibility index (Phi) is 4.78. The third-order valence-electron chi connectivity index (χ3n) is 7.77. The monoisotopic (exact) mass is 503 g/mol. The lowest BCUT2D eigenvalue weighted by atomic mass is 9.64. The molecule has 6 nitrogen and oxygen atoms in total. The summed E-state index contributed by atoms with van der Waals surface area (Å²) in [7, 11) is 0. The van der Waals surface area contributed by atoms with Crippen molar-refractivity contribution in [1.82, 2.24) is 4.98 Å². The Morgan fingerprint density at radius 1 is 0.919 bits per heavy atom. The summed E-state index contributed by atoms with van der Waals surface area (Å²) in [4.78, 5) is 49.9. The molecule has 7 heteroatoms. The average molecular weight is 504 g/mol. The van der Waals surface area contributed by atoms with E-state index in [1.165, 1.54) is 11.3 Å². The first-order valence-electron chi connectivity index (χ1n) is 12.1. The number of hydrogen-bond donors (Lipinski definition) is 1. The quantitative estimate of drug-likeness (QED) is 0.397. The minimum Gasteiger partial charge on any atom is -0.352 e. The molecule has 0 aliphatic carbocycles. The van der Waals surface area contributed by atoms with Gasteiger partial charge < -0.3 is 10.2 Å². The predicted octanol–water partition coefficient (Wildman–Crippen LogP) is 5.00. The van der Waals surface area contributed by atoms with Crippen LogP contribution in [-0.4, -0.2) is 34.5 Å². The van der Waals surface area contributed by atoms with Gasteiger partial charge >= 0.3 is 0 Å². The van der Waals surface area contributed by atoms with Gasteiger partial charge in [0, 0.05) is 17.6 Å². The number of hydrogen-bond acceptors (Lipinski definition) is 6. The van der Waals surface area contributed by atoms with Gasteiger partial charge in [0.2, 0.25) is 5.91 Å². The molecular formula is C30H21N3O3S. The van der Waals surface area contributed by atoms with E-state index in [4.69, 9.17) is 0 Å². The second-order valence-corrected chi connectivity index (χ2v) is 10.4. The van der Waals surface area contributed by atoms with Gasteiger partial charge in [-0.05, 0) is 46.8 Å². The molecular weight excluding hydrogens is 482 g/mol. The summed E-state index contributed by atoms with van der Waals surface area (Å²) >= 11 is 1.34. The highest BCUT2D eigenvalue weighted by Gasteiger charge is 2.70. The van der Waals surface area contributed by atoms with E-state index in [0.29, 0.717) is 10.6 Å². The van der Waals surface area contributed by atoms with Gasteiger partial charge in [-0.2, -0.15) is 0 Å². The van der Waals surface area contributed by atoms with Crippen molar-refractivity contribution in [2.24, 2.45) is 5.92 Å². The molecule has 4 atom stereocenters. The van der Waals surface area contributed by atoms with E-state index in [2.05, 4.69) is 10.3 Å². The van der Waals surface area contributed by atoms with Crippen LogP contribution in [0.25, 0.3) is 6.08 Å². The normalized spacial score (nSPS) is 24.9. The van der Waals surface area contributed by atoms with Crippen molar-refractivity contribution in [3.8, 4) is 0 Å². The number of pyridine rings is 1. The minimum atomic E-state index is -1.31. The van der Waals surface area contributed by atoms with Crippen molar-refractivity contribution in [3.63, 3.8) is 0 Å². The summed E-state index contributed by atoms with van der Waals surface area (Å²) < 4.78 is 0. The van der Waals surface area contributed by atoms with Crippen LogP contribution in [0.15, 0.2) is 96.5 Å². The summed E-state index contributed by atoms with van der Waals surface area (Å²) in [6, 6.07) is 22.6. The van der Waals surface area contributed by atoms with Crippen molar-refractivity contribution in [1.29, 1.82) is 0 Å². The Bertz CT molecular complexity index is 1600. The molecule has 0 radical (unpaired) electrons. The number of fused-ring (bicyclic) bond motifs is 6. The van der Waals surface area contributed by atoms with E-state index in [1.807, 2.05) is 77.0 Å². The highest BCUT2D eigenvalue weighted by atomic mass is 32.1. The fraction of sp³-hybridized carbons (Fsp3) is 0.133. The first kappa shape index (κ1) is 21.9. The molecule has 1 amide bonds. The highest BCUT2D eigenvalue weighted by molar-refractivity contribution is 7.12. The molecule has 3 aliphatic heterocycles. The lowest BCUT2D eigenvalue weighted by Gasteiger charge is -2.37. The lowest BCUT2D eigenvalue weighted by Crippen LogP contribution is -2.51. The zero-order valence-corrected chi connectivity index (χ0v) is 20.4. The lowest BCUT2D eigenvalue weighted by molar-refractivity contribution is -0.121. The van der Waals surface area contributed by atoms with Crippen LogP contribution in [0.3, 0.4) is 0 Å². The Labute approximate surface area is 217 Å². The van der Waals surface area contributed by atoms with Crippen LogP contribution in [0.1, 0.15) is 31.3 Å². The molecule has 1 N–H and O–H groups in total. The first-order chi connectivity index (χ1) is 18.1. The van der Waals surface area contributed by atoms with Gasteiger partial charge in [0.1, 0.15) is 17.2 Å². The number of carbonyl (C=O) groups excluding carboxylic acids is 3. The second kappa shape index (κ2) is 8.08. The van der Waals surface area contributed by atoms with Gasteiger partial charge in [0.25, 0.3) is 0 Å². The predicted molar refractivity (Wildman–Crippen MR) is 143 cm³/mol. The first-order valence-corrected chi connectivity index (χ1v) is 13.0. The molecule has 7 rings (SSSR count). The van der Waals surface area contributed by atoms with Gasteiger partial charge in [-0.3, -0.25) is 19.4 Å². The smallest absolute Gasteiger partial charge is 0.238 e. The number of carbonyl (C=O) groups is 3. The summed E-state index contributed by atoms with van der Waals surface area (Å²) in [5, 5.41) is 4.89. The topological polar surface area (TPSA) is 79.4 Å². The maximum Gasteiger partial charge on any atom is 0.238 e. The summed E-state index contributed by atoms with van der Waals surface area (Å²) in [6.07, 6.45) is 5.54. The third kappa shape index (κ3) is 2.92. The fourth-order valence-electron chi connectivity index (χ4n) is 6.35. The number of nitrogens with zero attached hydrogens (tertiary/aromatic N) is 2. The van der Waals surface area contributed by atoms with Gasteiger partial charge in [-0.25, -0.2) is 0 Å². The second-order valence-electron chi connectivity index (χ2n) is 9.48. The number of rotatable bonds is 4. The number of para-hydroxylation sites is 2. The van der Waals surface area contributed by atoms with Crippen molar-refractivity contribution < 1.29 is 14.4 Å². The maximum atomic E-state index is 14.5. The summed E-state index contributed by atoms with van der Waals surface area (Å²) in [5.74, 6) is -1.76. The van der Waals surface area contributed by atoms with Crippen LogP contribution in [0.2, 0.25) is 0 Å². The molecule has 0 saturated carbocycles. The van der Waals surface area contributed by atoms with E-state index < -0.39 is 23.4 Å². The van der Waals surface area contributed by atoms with E-state index in [0.717, 1.165) is 16.8 Å². The number of amides is 1. The molecule has 1 fully saturated rings. The minimum absolute atomic E-state index is 0.173. The van der Waals surface area contributed by atoms with E-state index >= 15 is 0 Å². The molecule has 3 aliphatic rings. The fourth-order valence-corrected chi connectivity index (χ4v) is 7.05. The largest absolute Gasteiger partial charge is 0.352 e. The molecule has 0 unspecified atom stereocenters. The van der Waals surface area contributed by atoms with Gasteiger partial charge in [0.15, 0.2) is 11.6 Å². The Morgan fingerprint density at radius 2 is 1.73 bits per heavy atom. The molecule has 2 aromatic heterocycles. The Hall–Kier alpha value is -4.36. The van der Waals surface area contributed by atoms with Crippen molar-refractivity contribution >= 4 is 46.3 Å². The van der Waals surface area contributed by atoms with E-state index in [9.17, 15) is 14.4 Å². The number of benzene rings is 2. The van der Waals surface area contributed by atoms with Gasteiger partial charge in [-0.15, -0.1) is 11.3 Å². The van der Waals surface area contributed by atoms with Crippen molar-refractivity contribution in [2.45, 2.75) is 17.5 Å². The van der Waals surface area contributed by atoms with Crippen molar-refractivity contribution in [3.05, 3.63) is 118 Å². The number of thiophene rings is 1. The molecule has 4 aromatic rings. The summed E-state index contributed by atoms with van der Waals surface area (Å²) in [6.45, 7) is 0. The molecule has 2 aromatic carbocycles. The number of anilines is 2. The Balaban J connectivity index is 1.55. The van der Waals surface area contributed by atoms with Crippen LogP contribution >= 0.6 is 11.3 Å². The number of ketones is 2. The van der Waals surface area contributed by atoms with Crippen LogP contribution < -0.4 is 10.2 Å². The van der Waals surface area contributed by atoms with Crippen LogP contribution in [-0.2, 0) is 10.2 Å². The van der Waals surface area contributed by atoms with Crippen molar-refractivity contribution in [2.75, 3.05) is 10.2 Å². The van der Waals surface area contributed by atoms with Crippen LogP contribution in [0, 0.1) is 5.92 Å². The van der Waals surface area contributed by atoms with Gasteiger partial charge in [0.05, 0.1) is 16.8 Å². The molecule has 0 bridgehead atoms. The van der Waals surface area contributed by atoms with E-state index in [-0.39, 0.29) is 23.2 Å². The Morgan fingerprint density at radius 3 is 2.54 bits per heavy atom. The molecule has 37 heavy (non-hydrogen) atoms.